The second-order valence-electron chi connectivity index (χ2n) is 20.1. The molecule has 1 fully saturated rings. The third-order valence-corrected chi connectivity index (χ3v) is 13.4. The highest BCUT2D eigenvalue weighted by molar-refractivity contribution is 6.00. The summed E-state index contributed by atoms with van der Waals surface area (Å²) < 4.78 is 19.7. The van der Waals surface area contributed by atoms with Crippen LogP contribution < -0.4 is 31.3 Å². The average molecular weight is 996 g/mol. The summed E-state index contributed by atoms with van der Waals surface area (Å²) in [7, 11) is 3.40. The number of amides is 5. The van der Waals surface area contributed by atoms with Crippen molar-refractivity contribution in [1.82, 2.24) is 50.6 Å². The van der Waals surface area contributed by atoms with Gasteiger partial charge in [-0.2, -0.15) is 5.10 Å². The molecule has 19 heteroatoms. The van der Waals surface area contributed by atoms with E-state index in [1.54, 1.807) is 46.4 Å². The standard InChI is InChI=1S/C53H77N11O8/c1-11-42(38-15-13-12-14-16-38)58-50(67)43-30-39(33-63(43)52(69)47(53(6,7)8)60-49(66)37(5)54-9)55-21-26-71-28-27-70-25-20-46(65)61(10)23-24-62-32-35(3)72-44-18-17-34(2)29-40(44)36(4)57-45-19-22-64-48(59-45)41(31-56-64)51(62)68/h12-19,22,29,31,35-37,39,42-43,47,54-55H,11,20-21,23-28,30,32-33H2,1-10H3,(H,57,59)(H,58,67)(H,60,66)/t35-,36+,37-,39-,42+,43-,47+/m0/s1. The Morgan fingerprint density at radius 2 is 1.72 bits per heavy atom. The predicted molar refractivity (Wildman–Crippen MR) is 276 cm³/mol. The number of benzene rings is 2. The highest BCUT2D eigenvalue weighted by Gasteiger charge is 2.45. The molecular weight excluding hydrogens is 919 g/mol. The molecule has 5 amide bonds. The average Bonchev–Trinajstić information content (AvgIpc) is 3.99. The maximum absolute atomic E-state index is 14.4. The van der Waals surface area contributed by atoms with Gasteiger partial charge in [0.05, 0.1) is 63.7 Å². The summed E-state index contributed by atoms with van der Waals surface area (Å²) in [4.78, 5) is 78.5. The molecule has 19 nitrogen and oxygen atoms in total. The number of anilines is 1. The minimum absolute atomic E-state index is 0.126. The van der Waals surface area contributed by atoms with Crippen molar-refractivity contribution in [3.8, 4) is 5.75 Å². The fraction of sp³-hybridized carbons (Fsp3) is 0.566. The van der Waals surface area contributed by atoms with Gasteiger partial charge in [0.25, 0.3) is 5.91 Å². The number of hydrogen-bond acceptors (Lipinski definition) is 13. The van der Waals surface area contributed by atoms with Crippen LogP contribution in [-0.2, 0) is 28.7 Å². The number of aromatic nitrogens is 3. The van der Waals surface area contributed by atoms with E-state index in [1.807, 2.05) is 97.0 Å². The van der Waals surface area contributed by atoms with Crippen molar-refractivity contribution in [2.24, 2.45) is 5.41 Å². The Kier molecular flexibility index (Phi) is 19.5. The van der Waals surface area contributed by atoms with Gasteiger partial charge in [-0.15, -0.1) is 0 Å². The number of carbonyl (C=O) groups is 5. The van der Waals surface area contributed by atoms with Gasteiger partial charge in [-0.25, -0.2) is 9.50 Å². The summed E-state index contributed by atoms with van der Waals surface area (Å²) in [6.45, 7) is 18.2. The van der Waals surface area contributed by atoms with Crippen molar-refractivity contribution >= 4 is 41.0 Å². The number of likely N-dealkylation sites (N-methyl/N-ethyl adjacent to an activating group) is 2. The molecule has 5 N–H and O–H groups in total. The molecule has 72 heavy (non-hydrogen) atoms. The Bertz CT molecular complexity index is 2460. The van der Waals surface area contributed by atoms with E-state index in [0.29, 0.717) is 49.6 Å². The quantitative estimate of drug-likeness (QED) is 0.0739. The first-order valence-electron chi connectivity index (χ1n) is 25.3. The summed E-state index contributed by atoms with van der Waals surface area (Å²) in [6, 6.07) is 15.0. The van der Waals surface area contributed by atoms with Crippen LogP contribution in [0.25, 0.3) is 5.65 Å². The maximum atomic E-state index is 14.4. The molecule has 6 rings (SSSR count). The molecule has 0 saturated carbocycles. The number of aryl methyl sites for hydroxylation is 1. The lowest BCUT2D eigenvalue weighted by Crippen LogP contribution is -2.59. The van der Waals surface area contributed by atoms with Gasteiger partial charge in [-0.3, -0.25) is 24.0 Å². The van der Waals surface area contributed by atoms with Crippen molar-refractivity contribution in [1.29, 1.82) is 0 Å². The van der Waals surface area contributed by atoms with Gasteiger partial charge in [-0.1, -0.05) is 75.7 Å². The van der Waals surface area contributed by atoms with E-state index in [9.17, 15) is 24.0 Å². The van der Waals surface area contributed by atoms with Gasteiger partial charge in [-0.05, 0) is 70.7 Å². The number of nitrogens with zero attached hydrogens (tertiary/aromatic N) is 6. The molecule has 4 aromatic rings. The number of rotatable bonds is 21. The van der Waals surface area contributed by atoms with Crippen LogP contribution in [0.15, 0.2) is 67.0 Å². The molecule has 4 heterocycles. The molecule has 2 aromatic carbocycles. The van der Waals surface area contributed by atoms with Crippen LogP contribution in [0.2, 0.25) is 0 Å². The van der Waals surface area contributed by atoms with Crippen LogP contribution in [0.1, 0.15) is 107 Å². The van der Waals surface area contributed by atoms with Crippen LogP contribution in [0.4, 0.5) is 5.82 Å². The van der Waals surface area contributed by atoms with Crippen LogP contribution in [0, 0.1) is 12.3 Å². The first kappa shape index (κ1) is 55.2. The van der Waals surface area contributed by atoms with E-state index < -0.39 is 23.5 Å². The van der Waals surface area contributed by atoms with E-state index in [4.69, 9.17) is 19.2 Å². The maximum Gasteiger partial charge on any atom is 0.259 e. The van der Waals surface area contributed by atoms with Gasteiger partial charge in [0, 0.05) is 51.0 Å². The second-order valence-corrected chi connectivity index (χ2v) is 20.1. The summed E-state index contributed by atoms with van der Waals surface area (Å²) in [5, 5.41) is 20.4. The summed E-state index contributed by atoms with van der Waals surface area (Å²) in [6.07, 6.45) is 4.15. The monoisotopic (exact) mass is 996 g/mol. The zero-order valence-corrected chi connectivity index (χ0v) is 43.8. The van der Waals surface area contributed by atoms with Crippen molar-refractivity contribution in [2.75, 3.05) is 78.6 Å². The number of carbonyl (C=O) groups excluding carboxylic acids is 5. The van der Waals surface area contributed by atoms with Crippen molar-refractivity contribution in [2.45, 2.75) is 117 Å². The molecule has 2 aliphatic heterocycles. The summed E-state index contributed by atoms with van der Waals surface area (Å²) in [5.74, 6) is 0.0900. The van der Waals surface area contributed by atoms with Gasteiger partial charge in [0.1, 0.15) is 35.3 Å². The topological polar surface area (TPSA) is 213 Å². The van der Waals surface area contributed by atoms with Gasteiger partial charge in [0.2, 0.25) is 23.6 Å². The fourth-order valence-corrected chi connectivity index (χ4v) is 8.99. The first-order chi connectivity index (χ1) is 34.4. The van der Waals surface area contributed by atoms with E-state index in [0.717, 1.165) is 22.4 Å². The molecular formula is C53H77N11O8. The molecule has 0 aliphatic carbocycles. The summed E-state index contributed by atoms with van der Waals surface area (Å²) >= 11 is 0. The normalized spacial score (nSPS) is 19.5. The van der Waals surface area contributed by atoms with Gasteiger partial charge in [0.15, 0.2) is 5.65 Å². The van der Waals surface area contributed by atoms with Gasteiger partial charge >= 0.3 is 0 Å². The smallest absolute Gasteiger partial charge is 0.259 e. The molecule has 0 unspecified atom stereocenters. The lowest BCUT2D eigenvalue weighted by atomic mass is 9.85. The van der Waals surface area contributed by atoms with Gasteiger partial charge < -0.3 is 55.5 Å². The zero-order valence-electron chi connectivity index (χ0n) is 43.8. The van der Waals surface area contributed by atoms with Crippen molar-refractivity contribution in [3.05, 3.63) is 89.2 Å². The van der Waals surface area contributed by atoms with E-state index >= 15 is 0 Å². The lowest BCUT2D eigenvalue weighted by Gasteiger charge is -2.36. The first-order valence-corrected chi connectivity index (χ1v) is 25.3. The van der Waals surface area contributed by atoms with Crippen LogP contribution in [0.3, 0.4) is 0 Å². The molecule has 0 radical (unpaired) electrons. The number of ether oxygens (including phenoxy) is 3. The van der Waals surface area contributed by atoms with Crippen molar-refractivity contribution in [3.63, 3.8) is 0 Å². The van der Waals surface area contributed by atoms with Crippen LogP contribution in [0.5, 0.6) is 5.75 Å². The number of likely N-dealkylation sites (tertiary alicyclic amines) is 1. The molecule has 2 aliphatic rings. The highest BCUT2D eigenvalue weighted by atomic mass is 16.5. The number of nitrogens with one attached hydrogen (secondary N) is 5. The lowest BCUT2D eigenvalue weighted by molar-refractivity contribution is -0.144. The molecule has 2 aromatic heterocycles. The van der Waals surface area contributed by atoms with E-state index in [-0.39, 0.29) is 99.6 Å². The Labute approximate surface area is 424 Å². The molecule has 1 saturated heterocycles. The minimum Gasteiger partial charge on any atom is -0.489 e. The molecule has 0 spiro atoms. The largest absolute Gasteiger partial charge is 0.489 e. The third kappa shape index (κ3) is 14.5. The Balaban J connectivity index is 0.962. The van der Waals surface area contributed by atoms with E-state index in [1.165, 1.54) is 6.20 Å². The minimum atomic E-state index is -0.860. The molecule has 7 atom stereocenters. The zero-order chi connectivity index (χ0) is 52.1. The Morgan fingerprint density at radius 3 is 2.43 bits per heavy atom. The number of fused-ring (bicyclic) bond motifs is 2. The molecule has 2 bridgehead atoms. The predicted octanol–water partition coefficient (Wildman–Crippen LogP) is 4.28. The molecule has 392 valence electrons. The van der Waals surface area contributed by atoms with Crippen LogP contribution in [-0.4, -0.2) is 162 Å². The summed E-state index contributed by atoms with van der Waals surface area (Å²) in [5.41, 5.74) is 3.22. The fourth-order valence-electron chi connectivity index (χ4n) is 8.99. The highest BCUT2D eigenvalue weighted by Crippen LogP contribution is 2.31. The Hall–Kier alpha value is -6.15. The van der Waals surface area contributed by atoms with Crippen LogP contribution >= 0.6 is 0 Å². The third-order valence-electron chi connectivity index (χ3n) is 13.4. The second kappa shape index (κ2) is 25.5. The SMILES string of the molecule is CC[C@@H](NC(=O)[C@@H]1C[C@H](NCCOCCOCCC(=O)N(C)CCN2C[C@H](C)Oc3ccc(C)cc3[C@@H](C)Nc3ccn4ncc(c4n3)C2=O)CN1C(=O)[C@@H](NC(=O)[C@H](C)NC)C(C)(C)C)c1ccccc1. The Morgan fingerprint density at radius 1 is 0.986 bits per heavy atom. The van der Waals surface area contributed by atoms with Crippen molar-refractivity contribution < 1.29 is 38.2 Å². The number of hydrogen-bond donors (Lipinski definition) is 5. The van der Waals surface area contributed by atoms with E-state index in [2.05, 4.69) is 37.7 Å².